The number of nitrogens with two attached hydrogens (primary N) is 1. The van der Waals surface area contributed by atoms with Gasteiger partial charge in [-0.1, -0.05) is 37.5 Å². The molecule has 0 aliphatic heterocycles. The molecule has 0 fully saturated rings. The second-order valence-electron chi connectivity index (χ2n) is 8.47. The Bertz CT molecular complexity index is 839. The Labute approximate surface area is 184 Å². The van der Waals surface area contributed by atoms with Crippen LogP contribution < -0.4 is 16.4 Å². The lowest BCUT2D eigenvalue weighted by Gasteiger charge is -2.32. The van der Waals surface area contributed by atoms with Gasteiger partial charge in [-0.2, -0.15) is 0 Å². The highest BCUT2D eigenvalue weighted by molar-refractivity contribution is 5.71. The number of carbonyl (C=O) groups is 1. The van der Waals surface area contributed by atoms with Crippen LogP contribution in [0.4, 0.5) is 5.69 Å². The fraction of sp³-hybridized carbons (Fsp3) is 0.480. The van der Waals surface area contributed by atoms with Gasteiger partial charge in [0.05, 0.1) is 0 Å². The molecule has 6 heteroatoms. The summed E-state index contributed by atoms with van der Waals surface area (Å²) in [5.41, 5.74) is 10.4. The second kappa shape index (κ2) is 11.7. The molecule has 1 aliphatic carbocycles. The first kappa shape index (κ1) is 23.1. The maximum Gasteiger partial charge on any atom is 0.211 e. The summed E-state index contributed by atoms with van der Waals surface area (Å²) < 4.78 is 0. The molecule has 0 saturated heterocycles. The first-order valence-corrected chi connectivity index (χ1v) is 11.4. The van der Waals surface area contributed by atoms with Crippen molar-refractivity contribution in [3.8, 4) is 11.5 Å². The Morgan fingerprint density at radius 3 is 2.55 bits per heavy atom. The summed E-state index contributed by atoms with van der Waals surface area (Å²) in [6, 6.07) is 11.6. The predicted molar refractivity (Wildman–Crippen MR) is 125 cm³/mol. The molecule has 0 saturated carbocycles. The van der Waals surface area contributed by atoms with E-state index in [1.54, 1.807) is 6.07 Å². The number of phenolic OH excluding ortho intramolecular Hbond substituents is 2. The molecule has 2 unspecified atom stereocenters. The van der Waals surface area contributed by atoms with Crippen molar-refractivity contribution in [2.75, 3.05) is 18.4 Å². The quantitative estimate of drug-likeness (QED) is 0.202. The number of unbranched alkanes of at least 4 members (excludes halogenated alkanes) is 3. The van der Waals surface area contributed by atoms with Crippen molar-refractivity contribution >= 4 is 12.1 Å². The van der Waals surface area contributed by atoms with Gasteiger partial charge in [0.1, 0.15) is 0 Å². The van der Waals surface area contributed by atoms with Gasteiger partial charge >= 0.3 is 0 Å². The standard InChI is InChI=1S/C25H35N3O3/c26-23-12-10-22-20(11-13-24(30)25(22)31)21(23)5-3-1-2-4-15-27-16-14-18-6-8-19(9-7-18)28-17-29/h6-9,11,13,17,21,23,27,30-31H,1-5,10,12,14-16,26H2,(H,28,29). The molecule has 6 nitrogen and oxygen atoms in total. The van der Waals surface area contributed by atoms with Crippen LogP contribution in [0.15, 0.2) is 36.4 Å². The maximum atomic E-state index is 10.4. The Morgan fingerprint density at radius 2 is 1.77 bits per heavy atom. The molecule has 0 aromatic heterocycles. The van der Waals surface area contributed by atoms with E-state index in [0.717, 1.165) is 68.4 Å². The summed E-state index contributed by atoms with van der Waals surface area (Å²) in [5.74, 6) is 0.267. The summed E-state index contributed by atoms with van der Waals surface area (Å²) >= 11 is 0. The van der Waals surface area contributed by atoms with Crippen LogP contribution in [0.1, 0.15) is 61.1 Å². The number of phenols is 2. The monoisotopic (exact) mass is 425 g/mol. The normalized spacial score (nSPS) is 17.8. The number of nitrogens with one attached hydrogen (secondary N) is 2. The molecular weight excluding hydrogens is 390 g/mol. The van der Waals surface area contributed by atoms with E-state index in [9.17, 15) is 15.0 Å². The molecule has 0 bridgehead atoms. The lowest BCUT2D eigenvalue weighted by Crippen LogP contribution is -2.33. The van der Waals surface area contributed by atoms with Gasteiger partial charge in [0.2, 0.25) is 6.41 Å². The molecular formula is C25H35N3O3. The molecule has 31 heavy (non-hydrogen) atoms. The molecule has 0 spiro atoms. The Kier molecular flexibility index (Phi) is 8.74. The highest BCUT2D eigenvalue weighted by atomic mass is 16.3. The van der Waals surface area contributed by atoms with E-state index in [0.29, 0.717) is 6.41 Å². The largest absolute Gasteiger partial charge is 0.504 e. The van der Waals surface area contributed by atoms with Crippen LogP contribution in [-0.2, 0) is 17.6 Å². The molecule has 2 atom stereocenters. The zero-order valence-corrected chi connectivity index (χ0v) is 18.1. The fourth-order valence-corrected chi connectivity index (χ4v) is 4.52. The van der Waals surface area contributed by atoms with Crippen molar-refractivity contribution in [2.45, 2.75) is 63.3 Å². The lowest BCUT2D eigenvalue weighted by molar-refractivity contribution is -0.105. The van der Waals surface area contributed by atoms with Crippen LogP contribution in [0, 0.1) is 0 Å². The first-order valence-electron chi connectivity index (χ1n) is 11.4. The van der Waals surface area contributed by atoms with Gasteiger partial charge in [0, 0.05) is 17.3 Å². The average molecular weight is 426 g/mol. The third kappa shape index (κ3) is 6.45. The number of hydrogen-bond donors (Lipinski definition) is 5. The van der Waals surface area contributed by atoms with Gasteiger partial charge in [-0.3, -0.25) is 4.79 Å². The van der Waals surface area contributed by atoms with Gasteiger partial charge < -0.3 is 26.6 Å². The van der Waals surface area contributed by atoms with Crippen LogP contribution in [0.3, 0.4) is 0 Å². The van der Waals surface area contributed by atoms with Crippen LogP contribution in [-0.4, -0.2) is 35.8 Å². The minimum absolute atomic E-state index is 0.0348. The highest BCUT2D eigenvalue weighted by Crippen LogP contribution is 2.42. The number of fused-ring (bicyclic) bond motifs is 1. The molecule has 168 valence electrons. The zero-order chi connectivity index (χ0) is 22.1. The predicted octanol–water partition coefficient (Wildman–Crippen LogP) is 3.81. The summed E-state index contributed by atoms with van der Waals surface area (Å²) in [6.07, 6.45) is 8.93. The van der Waals surface area contributed by atoms with E-state index < -0.39 is 0 Å². The Balaban J connectivity index is 1.29. The van der Waals surface area contributed by atoms with Crippen molar-refractivity contribution in [1.82, 2.24) is 5.32 Å². The maximum absolute atomic E-state index is 10.4. The van der Waals surface area contributed by atoms with E-state index in [1.807, 2.05) is 30.3 Å². The van der Waals surface area contributed by atoms with Crippen LogP contribution in [0.5, 0.6) is 11.5 Å². The Hall–Kier alpha value is -2.57. The molecule has 1 aliphatic rings. The van der Waals surface area contributed by atoms with E-state index in [-0.39, 0.29) is 23.5 Å². The zero-order valence-electron chi connectivity index (χ0n) is 18.1. The van der Waals surface area contributed by atoms with Gasteiger partial charge in [0.25, 0.3) is 0 Å². The summed E-state index contributed by atoms with van der Waals surface area (Å²) in [7, 11) is 0. The van der Waals surface area contributed by atoms with E-state index in [1.165, 1.54) is 18.4 Å². The number of carbonyl (C=O) groups excluding carboxylic acids is 1. The number of aromatic hydroxyl groups is 2. The number of hydrogen-bond acceptors (Lipinski definition) is 5. The topological polar surface area (TPSA) is 108 Å². The van der Waals surface area contributed by atoms with Crippen molar-refractivity contribution in [3.63, 3.8) is 0 Å². The third-order valence-corrected chi connectivity index (χ3v) is 6.33. The van der Waals surface area contributed by atoms with Crippen LogP contribution in [0.25, 0.3) is 0 Å². The van der Waals surface area contributed by atoms with Gasteiger partial charge in [-0.25, -0.2) is 0 Å². The second-order valence-corrected chi connectivity index (χ2v) is 8.47. The van der Waals surface area contributed by atoms with Crippen LogP contribution in [0.2, 0.25) is 0 Å². The highest BCUT2D eigenvalue weighted by Gasteiger charge is 2.29. The van der Waals surface area contributed by atoms with E-state index in [2.05, 4.69) is 10.6 Å². The average Bonchev–Trinajstić information content (AvgIpc) is 2.77. The van der Waals surface area contributed by atoms with Gasteiger partial charge in [0.15, 0.2) is 11.5 Å². The van der Waals surface area contributed by atoms with Gasteiger partial charge in [-0.05, 0) is 80.4 Å². The molecule has 2 aromatic rings. The van der Waals surface area contributed by atoms with Crippen molar-refractivity contribution in [1.29, 1.82) is 0 Å². The molecule has 0 radical (unpaired) electrons. The minimum atomic E-state index is -0.0348. The molecule has 2 aromatic carbocycles. The summed E-state index contributed by atoms with van der Waals surface area (Å²) in [6.45, 7) is 1.97. The first-order chi connectivity index (χ1) is 15.1. The fourth-order valence-electron chi connectivity index (χ4n) is 4.52. The number of amides is 1. The number of rotatable bonds is 12. The van der Waals surface area contributed by atoms with E-state index in [4.69, 9.17) is 5.73 Å². The SMILES string of the molecule is NC1CCc2c(ccc(O)c2O)C1CCCCCCNCCc1ccc(NC=O)cc1. The summed E-state index contributed by atoms with van der Waals surface area (Å²) in [5, 5.41) is 26.1. The van der Waals surface area contributed by atoms with Crippen molar-refractivity contribution in [3.05, 3.63) is 53.1 Å². The van der Waals surface area contributed by atoms with Gasteiger partial charge in [-0.15, -0.1) is 0 Å². The van der Waals surface area contributed by atoms with Crippen LogP contribution >= 0.6 is 0 Å². The molecule has 1 amide bonds. The number of benzene rings is 2. The molecule has 0 heterocycles. The van der Waals surface area contributed by atoms with E-state index >= 15 is 0 Å². The minimum Gasteiger partial charge on any atom is -0.504 e. The number of anilines is 1. The van der Waals surface area contributed by atoms with Crippen molar-refractivity contribution < 1.29 is 15.0 Å². The lowest BCUT2D eigenvalue weighted by atomic mass is 9.76. The Morgan fingerprint density at radius 1 is 1.00 bits per heavy atom. The third-order valence-electron chi connectivity index (χ3n) is 6.33. The molecule has 6 N–H and O–H groups in total. The van der Waals surface area contributed by atoms with Crippen molar-refractivity contribution in [2.24, 2.45) is 5.73 Å². The smallest absolute Gasteiger partial charge is 0.211 e. The molecule has 3 rings (SSSR count). The summed E-state index contributed by atoms with van der Waals surface area (Å²) in [4.78, 5) is 10.4.